The summed E-state index contributed by atoms with van der Waals surface area (Å²) in [6.07, 6.45) is 0. The Hall–Kier alpha value is -8.73. The van der Waals surface area contributed by atoms with Crippen molar-refractivity contribution in [3.05, 3.63) is 218 Å². The Morgan fingerprint density at radius 2 is 0.629 bits per heavy atom. The van der Waals surface area contributed by atoms with Crippen LogP contribution in [0.15, 0.2) is 212 Å². The number of aromatic nitrogens is 6. The molecular weight excluding hydrogens is 759 g/mol. The van der Waals surface area contributed by atoms with Crippen LogP contribution in [-0.2, 0) is 0 Å². The van der Waals surface area contributed by atoms with Crippen molar-refractivity contribution in [3.8, 4) is 108 Å². The van der Waals surface area contributed by atoms with E-state index < -0.39 is 0 Å². The predicted octanol–water partition coefficient (Wildman–Crippen LogP) is 12.9. The molecule has 62 heavy (non-hydrogen) atoms. The van der Waals surface area contributed by atoms with Gasteiger partial charge in [0.05, 0.1) is 11.6 Å². The van der Waals surface area contributed by atoms with Gasteiger partial charge in [-0.1, -0.05) is 188 Å². The minimum atomic E-state index is 0.485. The predicted molar refractivity (Wildman–Crippen MR) is 247 cm³/mol. The van der Waals surface area contributed by atoms with Gasteiger partial charge in [-0.15, -0.1) is 0 Å². The van der Waals surface area contributed by atoms with Crippen molar-refractivity contribution in [1.82, 2.24) is 29.9 Å². The van der Waals surface area contributed by atoms with E-state index in [2.05, 4.69) is 48.5 Å². The van der Waals surface area contributed by atoms with Crippen molar-refractivity contribution in [2.24, 2.45) is 0 Å². The highest BCUT2D eigenvalue weighted by Crippen LogP contribution is 2.40. The largest absolute Gasteiger partial charge is 0.208 e. The molecule has 0 radical (unpaired) electrons. The normalized spacial score (nSPS) is 10.9. The van der Waals surface area contributed by atoms with Gasteiger partial charge in [-0.3, -0.25) is 0 Å². The van der Waals surface area contributed by atoms with E-state index in [1.165, 1.54) is 0 Å². The Kier molecular flexibility index (Phi) is 10.2. The van der Waals surface area contributed by atoms with E-state index >= 15 is 0 Å². The summed E-state index contributed by atoms with van der Waals surface area (Å²) in [5.74, 6) is 3.28. The molecule has 0 saturated heterocycles. The Morgan fingerprint density at radius 3 is 1.16 bits per heavy atom. The third-order valence-electron chi connectivity index (χ3n) is 10.7. The van der Waals surface area contributed by atoms with E-state index in [0.717, 1.165) is 66.8 Å². The topological polar surface area (TPSA) is 101 Å². The molecule has 0 N–H and O–H groups in total. The van der Waals surface area contributed by atoms with E-state index in [-0.39, 0.29) is 0 Å². The number of rotatable bonds is 9. The fourth-order valence-corrected chi connectivity index (χ4v) is 7.61. The average Bonchev–Trinajstić information content (AvgIpc) is 3.37. The molecule has 2 heterocycles. The molecular formula is C55H35N7. The maximum atomic E-state index is 10.5. The van der Waals surface area contributed by atoms with Gasteiger partial charge in [0.15, 0.2) is 34.9 Å². The summed E-state index contributed by atoms with van der Waals surface area (Å²) in [5.41, 5.74) is 11.2. The van der Waals surface area contributed by atoms with Gasteiger partial charge in [-0.2, -0.15) is 5.26 Å². The van der Waals surface area contributed by atoms with Gasteiger partial charge < -0.3 is 0 Å². The molecule has 290 valence electrons. The Labute approximate surface area is 359 Å². The fraction of sp³-hybridized carbons (Fsp3) is 0. The third kappa shape index (κ3) is 7.63. The van der Waals surface area contributed by atoms with Gasteiger partial charge in [0.25, 0.3) is 0 Å². The molecule has 0 saturated carbocycles. The van der Waals surface area contributed by atoms with Crippen LogP contribution in [0.1, 0.15) is 5.56 Å². The Bertz CT molecular complexity index is 3180. The van der Waals surface area contributed by atoms with Gasteiger partial charge in [0, 0.05) is 38.9 Å². The molecule has 0 aliphatic rings. The maximum absolute atomic E-state index is 10.5. The van der Waals surface area contributed by atoms with E-state index in [4.69, 9.17) is 29.9 Å². The monoisotopic (exact) mass is 793 g/mol. The second-order valence-corrected chi connectivity index (χ2v) is 14.6. The first-order chi connectivity index (χ1) is 30.7. The van der Waals surface area contributed by atoms with Crippen molar-refractivity contribution in [3.63, 3.8) is 0 Å². The van der Waals surface area contributed by atoms with Crippen LogP contribution in [0.5, 0.6) is 0 Å². The van der Waals surface area contributed by atoms with Crippen molar-refractivity contribution in [2.75, 3.05) is 0 Å². The first kappa shape index (κ1) is 37.5. The minimum Gasteiger partial charge on any atom is -0.208 e. The summed E-state index contributed by atoms with van der Waals surface area (Å²) < 4.78 is 0. The molecule has 7 nitrogen and oxygen atoms in total. The zero-order chi connectivity index (χ0) is 41.7. The van der Waals surface area contributed by atoms with Crippen LogP contribution in [0.25, 0.3) is 102 Å². The van der Waals surface area contributed by atoms with E-state index in [9.17, 15) is 5.26 Å². The lowest BCUT2D eigenvalue weighted by Gasteiger charge is -2.16. The molecule has 2 aromatic heterocycles. The molecule has 0 aliphatic heterocycles. The quantitative estimate of drug-likeness (QED) is 0.143. The van der Waals surface area contributed by atoms with Gasteiger partial charge in [0.2, 0.25) is 0 Å². The molecule has 8 aromatic carbocycles. The molecule has 0 amide bonds. The van der Waals surface area contributed by atoms with Crippen LogP contribution in [-0.4, -0.2) is 29.9 Å². The molecule has 10 rings (SSSR count). The lowest BCUT2D eigenvalue weighted by Crippen LogP contribution is -2.02. The molecule has 0 spiro atoms. The van der Waals surface area contributed by atoms with Crippen molar-refractivity contribution < 1.29 is 0 Å². The SMILES string of the molecule is N#Cc1ccccc1-c1cc(-c2ccccc2-c2nc(-c3ccccc3)nc(-c3ccccc3)n2)ccc1-c1nc(-c2ccccc2)nc(-c2cccc(-c3ccccc3)c2)n1. The van der Waals surface area contributed by atoms with Gasteiger partial charge in [-0.25, -0.2) is 29.9 Å². The number of hydrogen-bond donors (Lipinski definition) is 0. The summed E-state index contributed by atoms with van der Waals surface area (Å²) >= 11 is 0. The highest BCUT2D eigenvalue weighted by Gasteiger charge is 2.21. The summed E-state index contributed by atoms with van der Waals surface area (Å²) in [6.45, 7) is 0. The lowest BCUT2D eigenvalue weighted by molar-refractivity contribution is 1.07. The summed E-state index contributed by atoms with van der Waals surface area (Å²) in [6, 6.07) is 72.8. The molecule has 0 unspecified atom stereocenters. The first-order valence-corrected chi connectivity index (χ1v) is 20.3. The Balaban J connectivity index is 1.17. The highest BCUT2D eigenvalue weighted by atomic mass is 15.0. The van der Waals surface area contributed by atoms with Crippen molar-refractivity contribution in [2.45, 2.75) is 0 Å². The highest BCUT2D eigenvalue weighted by molar-refractivity contribution is 5.91. The van der Waals surface area contributed by atoms with Crippen LogP contribution in [0.2, 0.25) is 0 Å². The molecule has 0 aliphatic carbocycles. The van der Waals surface area contributed by atoms with Gasteiger partial charge >= 0.3 is 0 Å². The lowest BCUT2D eigenvalue weighted by atomic mass is 9.90. The number of benzene rings is 8. The summed E-state index contributed by atoms with van der Waals surface area (Å²) in [5, 5.41) is 10.5. The smallest absolute Gasteiger partial charge is 0.164 e. The van der Waals surface area contributed by atoms with Crippen molar-refractivity contribution in [1.29, 1.82) is 5.26 Å². The molecule has 7 heteroatoms. The summed E-state index contributed by atoms with van der Waals surface area (Å²) in [7, 11) is 0. The van der Waals surface area contributed by atoms with Crippen LogP contribution in [0.4, 0.5) is 0 Å². The number of hydrogen-bond acceptors (Lipinski definition) is 7. The van der Waals surface area contributed by atoms with Crippen molar-refractivity contribution >= 4 is 0 Å². The molecule has 0 fully saturated rings. The van der Waals surface area contributed by atoms with Crippen LogP contribution in [0.3, 0.4) is 0 Å². The first-order valence-electron chi connectivity index (χ1n) is 20.3. The van der Waals surface area contributed by atoms with Crippen LogP contribution >= 0.6 is 0 Å². The third-order valence-corrected chi connectivity index (χ3v) is 10.7. The minimum absolute atomic E-state index is 0.485. The Morgan fingerprint density at radius 1 is 0.242 bits per heavy atom. The molecule has 10 aromatic rings. The fourth-order valence-electron chi connectivity index (χ4n) is 7.61. The molecule has 0 atom stereocenters. The van der Waals surface area contributed by atoms with E-state index in [1.807, 2.05) is 170 Å². The second-order valence-electron chi connectivity index (χ2n) is 14.6. The van der Waals surface area contributed by atoms with Gasteiger partial charge in [-0.05, 0) is 52.1 Å². The zero-order valence-electron chi connectivity index (χ0n) is 33.3. The maximum Gasteiger partial charge on any atom is 0.164 e. The number of nitriles is 1. The van der Waals surface area contributed by atoms with E-state index in [1.54, 1.807) is 0 Å². The zero-order valence-corrected chi connectivity index (χ0v) is 33.3. The standard InChI is InChI=1S/C55H35N7/c56-36-44-26-13-14-30-46(44)49-35-42(45-29-15-16-31-47(45)54-59-50(38-20-7-2-8-21-38)57-51(60-54)39-22-9-3-10-23-39)32-33-48(49)55-61-52(40-24-11-4-12-25-40)58-53(62-55)43-28-17-27-41(34-43)37-18-5-1-6-19-37/h1-35H. The van der Waals surface area contributed by atoms with Crippen LogP contribution < -0.4 is 0 Å². The second kappa shape index (κ2) is 16.9. The van der Waals surface area contributed by atoms with E-state index in [0.29, 0.717) is 40.5 Å². The average molecular weight is 794 g/mol. The summed E-state index contributed by atoms with van der Waals surface area (Å²) in [4.78, 5) is 30.4. The van der Waals surface area contributed by atoms with Crippen LogP contribution in [0, 0.1) is 11.3 Å². The number of nitrogens with zero attached hydrogens (tertiary/aromatic N) is 7. The molecule has 0 bridgehead atoms. The van der Waals surface area contributed by atoms with Gasteiger partial charge in [0.1, 0.15) is 0 Å².